The molecule has 2 aromatic heterocycles. The van der Waals surface area contributed by atoms with Crippen LogP contribution in [-0.4, -0.2) is 54.0 Å². The first-order valence-corrected chi connectivity index (χ1v) is 8.81. The normalized spacial score (nSPS) is 18.2. The van der Waals surface area contributed by atoms with Gasteiger partial charge in [-0.3, -0.25) is 19.7 Å². The quantitative estimate of drug-likeness (QED) is 0.734. The molecule has 1 aliphatic rings. The number of nitrogens with one attached hydrogen (secondary N) is 1. The van der Waals surface area contributed by atoms with Crippen LogP contribution in [0.1, 0.15) is 30.3 Å². The minimum absolute atomic E-state index is 0.217. The molecule has 1 aliphatic heterocycles. The molecule has 10 nitrogen and oxygen atoms in total. The average Bonchev–Trinajstić information content (AvgIpc) is 3.31. The van der Waals surface area contributed by atoms with Crippen LogP contribution in [0.2, 0.25) is 0 Å². The summed E-state index contributed by atoms with van der Waals surface area (Å²) in [7, 11) is 1.70. The van der Waals surface area contributed by atoms with Gasteiger partial charge in [-0.1, -0.05) is 34.7 Å². The van der Waals surface area contributed by atoms with E-state index in [9.17, 15) is 10.0 Å². The second-order valence-electron chi connectivity index (χ2n) is 6.18. The van der Waals surface area contributed by atoms with Gasteiger partial charge in [0.1, 0.15) is 12.0 Å². The highest BCUT2D eigenvalue weighted by molar-refractivity contribution is 5.92. The molecule has 27 heavy (non-hydrogen) atoms. The third-order valence-electron chi connectivity index (χ3n) is 4.28. The molecule has 0 fully saturated rings. The summed E-state index contributed by atoms with van der Waals surface area (Å²) in [5, 5.41) is 23.7. The van der Waals surface area contributed by atoms with Crippen molar-refractivity contribution in [1.82, 2.24) is 35.0 Å². The Hall–Kier alpha value is -2.98. The number of imidazole rings is 1. The lowest BCUT2D eigenvalue weighted by molar-refractivity contribution is -0.139. The van der Waals surface area contributed by atoms with Crippen LogP contribution < -0.4 is 10.3 Å². The van der Waals surface area contributed by atoms with Gasteiger partial charge in [-0.05, 0) is 13.3 Å². The summed E-state index contributed by atoms with van der Waals surface area (Å²) in [4.78, 5) is 16.6. The number of hydroxylamine groups is 1. The number of allylic oxidation sites excluding steroid dienone is 4. The van der Waals surface area contributed by atoms with Crippen LogP contribution in [0.3, 0.4) is 0 Å². The van der Waals surface area contributed by atoms with Crippen LogP contribution in [0.5, 0.6) is 0 Å². The van der Waals surface area contributed by atoms with Crippen LogP contribution in [-0.2, 0) is 13.1 Å². The minimum atomic E-state index is -0.587. The van der Waals surface area contributed by atoms with Crippen molar-refractivity contribution in [1.29, 1.82) is 0 Å². The zero-order valence-electron chi connectivity index (χ0n) is 15.4. The zero-order valence-corrected chi connectivity index (χ0v) is 15.4. The molecule has 0 spiro atoms. The molecule has 10 heteroatoms. The van der Waals surface area contributed by atoms with Gasteiger partial charge in [-0.25, -0.2) is 4.98 Å². The van der Waals surface area contributed by atoms with E-state index in [4.69, 9.17) is 0 Å². The molecule has 0 saturated heterocycles. The van der Waals surface area contributed by atoms with Crippen LogP contribution in [0.15, 0.2) is 43.0 Å². The molecule has 2 N–H and O–H groups in total. The summed E-state index contributed by atoms with van der Waals surface area (Å²) in [5.74, 6) is 0.360. The first-order valence-electron chi connectivity index (χ1n) is 8.81. The van der Waals surface area contributed by atoms with Crippen molar-refractivity contribution < 1.29 is 10.0 Å². The molecule has 1 amide bonds. The first-order chi connectivity index (χ1) is 13.1. The standard InChI is InChI=1S/C17H24N8O2/c1-3-4-5-6-7-9-24-12-14(20-21-24)17(26)19-15-8-10-23-13-18-11-16(23)22(2)25(15)27/h3-6,11-13,15,27H,7-10H2,1-2H3,(H,19,26)/b4-3-,6-5-. The number of anilines is 1. The van der Waals surface area contributed by atoms with Gasteiger partial charge in [0, 0.05) is 26.6 Å². The van der Waals surface area contributed by atoms with Crippen LogP contribution >= 0.6 is 0 Å². The predicted molar refractivity (Wildman–Crippen MR) is 98.7 cm³/mol. The summed E-state index contributed by atoms with van der Waals surface area (Å²) in [5.41, 5.74) is 0.217. The van der Waals surface area contributed by atoms with Gasteiger partial charge >= 0.3 is 0 Å². The zero-order chi connectivity index (χ0) is 19.2. The Kier molecular flexibility index (Phi) is 5.99. The van der Waals surface area contributed by atoms with E-state index in [1.165, 1.54) is 0 Å². The Bertz CT molecular complexity index is 825. The monoisotopic (exact) mass is 372 g/mol. The highest BCUT2D eigenvalue weighted by atomic mass is 16.6. The van der Waals surface area contributed by atoms with E-state index in [1.54, 1.807) is 35.5 Å². The summed E-state index contributed by atoms with van der Waals surface area (Å²) in [6.07, 6.45) is 13.6. The SMILES string of the molecule is C/C=C\C=C/CCn1cc(C(=O)NC2CCn3cncc3N(C)N2O)nn1. The molecule has 2 aromatic rings. The largest absolute Gasteiger partial charge is 0.331 e. The maximum absolute atomic E-state index is 12.5. The number of carbonyl (C=O) groups is 1. The van der Waals surface area contributed by atoms with Crippen molar-refractivity contribution >= 4 is 11.7 Å². The van der Waals surface area contributed by atoms with Crippen molar-refractivity contribution in [2.45, 2.75) is 39.0 Å². The number of rotatable bonds is 6. The van der Waals surface area contributed by atoms with Gasteiger partial charge < -0.3 is 9.88 Å². The van der Waals surface area contributed by atoms with Gasteiger partial charge in [0.05, 0.1) is 18.7 Å². The fourth-order valence-electron chi connectivity index (χ4n) is 2.81. The lowest BCUT2D eigenvalue weighted by atomic mass is 10.3. The van der Waals surface area contributed by atoms with Crippen molar-refractivity contribution in [2.75, 3.05) is 12.1 Å². The van der Waals surface area contributed by atoms with E-state index in [0.29, 0.717) is 19.5 Å². The molecule has 0 bridgehead atoms. The van der Waals surface area contributed by atoms with Gasteiger partial charge in [-0.2, -0.15) is 0 Å². The minimum Gasteiger partial charge on any atom is -0.331 e. The molecule has 3 heterocycles. The van der Waals surface area contributed by atoms with E-state index in [0.717, 1.165) is 17.4 Å². The van der Waals surface area contributed by atoms with E-state index < -0.39 is 6.17 Å². The van der Waals surface area contributed by atoms with Crippen molar-refractivity contribution in [2.24, 2.45) is 0 Å². The Morgan fingerprint density at radius 2 is 2.30 bits per heavy atom. The highest BCUT2D eigenvalue weighted by Crippen LogP contribution is 2.20. The van der Waals surface area contributed by atoms with Crippen LogP contribution in [0.4, 0.5) is 5.82 Å². The second-order valence-corrected chi connectivity index (χ2v) is 6.18. The fraction of sp³-hybridized carbons (Fsp3) is 0.412. The molecular weight excluding hydrogens is 348 g/mol. The van der Waals surface area contributed by atoms with Gasteiger partial charge in [0.25, 0.3) is 5.91 Å². The fourth-order valence-corrected chi connectivity index (χ4v) is 2.81. The third-order valence-corrected chi connectivity index (χ3v) is 4.28. The number of aryl methyl sites for hydroxylation is 2. The number of hydrogen-bond donors (Lipinski definition) is 2. The van der Waals surface area contributed by atoms with Gasteiger partial charge in [-0.15, -0.1) is 5.10 Å². The molecule has 1 atom stereocenters. The smallest absolute Gasteiger partial charge is 0.274 e. The molecule has 3 rings (SSSR count). The lowest BCUT2D eigenvalue weighted by Gasteiger charge is -2.31. The van der Waals surface area contributed by atoms with Crippen molar-refractivity contribution in [3.63, 3.8) is 0 Å². The average molecular weight is 372 g/mol. The summed E-state index contributed by atoms with van der Waals surface area (Å²) < 4.78 is 3.54. The Morgan fingerprint density at radius 3 is 3.11 bits per heavy atom. The maximum atomic E-state index is 12.5. The molecular formula is C17H24N8O2. The summed E-state index contributed by atoms with van der Waals surface area (Å²) in [6.45, 7) is 3.21. The number of amides is 1. The molecule has 144 valence electrons. The molecule has 0 radical (unpaired) electrons. The van der Waals surface area contributed by atoms with E-state index >= 15 is 0 Å². The first kappa shape index (κ1) is 18.8. The van der Waals surface area contributed by atoms with Crippen molar-refractivity contribution in [3.8, 4) is 0 Å². The van der Waals surface area contributed by atoms with E-state index in [1.807, 2.05) is 35.8 Å². The van der Waals surface area contributed by atoms with E-state index in [2.05, 4.69) is 20.6 Å². The van der Waals surface area contributed by atoms with Gasteiger partial charge in [0.15, 0.2) is 5.69 Å². The molecule has 1 unspecified atom stereocenters. The maximum Gasteiger partial charge on any atom is 0.274 e. The number of aromatic nitrogens is 5. The Labute approximate surface area is 157 Å². The number of hydrogen-bond acceptors (Lipinski definition) is 7. The number of fused-ring (bicyclic) bond motifs is 1. The summed E-state index contributed by atoms with van der Waals surface area (Å²) >= 11 is 0. The third kappa shape index (κ3) is 4.41. The van der Waals surface area contributed by atoms with Crippen molar-refractivity contribution in [3.05, 3.63) is 48.7 Å². The molecule has 0 aliphatic carbocycles. The lowest BCUT2D eigenvalue weighted by Crippen LogP contribution is -2.52. The number of nitrogens with zero attached hydrogens (tertiary/aromatic N) is 7. The highest BCUT2D eigenvalue weighted by Gasteiger charge is 2.29. The number of hydrazine groups is 1. The van der Waals surface area contributed by atoms with Gasteiger partial charge in [0.2, 0.25) is 0 Å². The summed E-state index contributed by atoms with van der Waals surface area (Å²) in [6, 6.07) is 0. The van der Waals surface area contributed by atoms with Crippen LogP contribution in [0.25, 0.3) is 0 Å². The predicted octanol–water partition coefficient (Wildman–Crippen LogP) is 1.20. The molecule has 0 aromatic carbocycles. The van der Waals surface area contributed by atoms with Crippen LogP contribution in [0, 0.1) is 0 Å². The number of carbonyl (C=O) groups excluding carboxylic acids is 1. The van der Waals surface area contributed by atoms with E-state index in [-0.39, 0.29) is 11.6 Å². The Morgan fingerprint density at radius 1 is 1.44 bits per heavy atom. The second kappa shape index (κ2) is 8.60. The molecule has 0 saturated carbocycles. The Balaban J connectivity index is 1.58. The topological polar surface area (TPSA) is 104 Å².